The summed E-state index contributed by atoms with van der Waals surface area (Å²) < 4.78 is 43.7. The van der Waals surface area contributed by atoms with Crippen LogP contribution in [0.2, 0.25) is 0 Å². The maximum absolute atomic E-state index is 12.9. The van der Waals surface area contributed by atoms with E-state index in [-0.39, 0.29) is 11.7 Å². The number of carbonyl (C=O) groups excluding carboxylic acids is 1. The normalized spacial score (nSPS) is 21.1. The van der Waals surface area contributed by atoms with E-state index in [2.05, 4.69) is 0 Å². The zero-order chi connectivity index (χ0) is 17.3. The molecule has 1 aromatic rings. The average molecular weight is 331 g/mol. The number of piperidine rings is 1. The van der Waals surface area contributed by atoms with Gasteiger partial charge in [0.15, 0.2) is 6.61 Å². The molecule has 1 amide bonds. The van der Waals surface area contributed by atoms with Crippen molar-refractivity contribution >= 4 is 5.91 Å². The van der Waals surface area contributed by atoms with Crippen molar-refractivity contribution in [2.75, 3.05) is 19.7 Å². The third kappa shape index (κ3) is 4.16. The lowest BCUT2D eigenvalue weighted by atomic mass is 9.81. The zero-order valence-electron chi connectivity index (χ0n) is 13.1. The van der Waals surface area contributed by atoms with Crippen molar-refractivity contribution < 1.29 is 27.8 Å². The average Bonchev–Trinajstić information content (AvgIpc) is 2.47. The Kier molecular flexibility index (Phi) is 4.89. The topological polar surface area (TPSA) is 49.8 Å². The molecule has 23 heavy (non-hydrogen) atoms. The van der Waals surface area contributed by atoms with Gasteiger partial charge in [0, 0.05) is 18.5 Å². The number of aliphatic hydroxyl groups is 1. The van der Waals surface area contributed by atoms with E-state index in [1.807, 2.05) is 13.8 Å². The van der Waals surface area contributed by atoms with Crippen LogP contribution in [-0.2, 0) is 11.0 Å². The lowest BCUT2D eigenvalue weighted by Gasteiger charge is -2.41. The molecular weight excluding hydrogens is 311 g/mol. The van der Waals surface area contributed by atoms with Crippen molar-refractivity contribution in [3.63, 3.8) is 0 Å². The van der Waals surface area contributed by atoms with E-state index in [1.54, 1.807) is 0 Å². The number of hydrogen-bond donors (Lipinski definition) is 1. The van der Waals surface area contributed by atoms with Crippen LogP contribution in [0.15, 0.2) is 24.3 Å². The third-order valence-corrected chi connectivity index (χ3v) is 4.07. The van der Waals surface area contributed by atoms with Crippen LogP contribution >= 0.6 is 0 Å². The number of hydrogen-bond acceptors (Lipinski definition) is 3. The highest BCUT2D eigenvalue weighted by Crippen LogP contribution is 2.36. The van der Waals surface area contributed by atoms with Crippen LogP contribution in [-0.4, -0.2) is 41.7 Å². The van der Waals surface area contributed by atoms with Gasteiger partial charge in [-0.1, -0.05) is 26.0 Å². The van der Waals surface area contributed by atoms with Gasteiger partial charge in [0.1, 0.15) is 5.75 Å². The van der Waals surface area contributed by atoms with Crippen LogP contribution in [0.1, 0.15) is 25.8 Å². The number of ether oxygens (including phenoxy) is 1. The Labute approximate surface area is 132 Å². The van der Waals surface area contributed by atoms with E-state index < -0.39 is 29.9 Å². The molecule has 128 valence electrons. The Morgan fingerprint density at radius 2 is 2.04 bits per heavy atom. The van der Waals surface area contributed by atoms with Gasteiger partial charge in [-0.3, -0.25) is 4.79 Å². The second-order valence-corrected chi connectivity index (χ2v) is 6.39. The molecule has 0 spiro atoms. The lowest BCUT2D eigenvalue weighted by Crippen LogP contribution is -2.51. The molecule has 1 aromatic carbocycles. The molecule has 0 bridgehead atoms. The summed E-state index contributed by atoms with van der Waals surface area (Å²) in [5.74, 6) is -0.744. The summed E-state index contributed by atoms with van der Waals surface area (Å²) in [6.45, 7) is 3.94. The van der Waals surface area contributed by atoms with Crippen LogP contribution in [0.25, 0.3) is 0 Å². The van der Waals surface area contributed by atoms with Gasteiger partial charge in [-0.05, 0) is 18.6 Å². The van der Waals surface area contributed by atoms with Crippen LogP contribution in [0.4, 0.5) is 13.2 Å². The molecule has 1 saturated heterocycles. The summed E-state index contributed by atoms with van der Waals surface area (Å²) >= 11 is 0. The summed E-state index contributed by atoms with van der Waals surface area (Å²) in [4.78, 5) is 13.7. The molecule has 1 N–H and O–H groups in total. The molecule has 1 unspecified atom stereocenters. The Hall–Kier alpha value is -1.76. The van der Waals surface area contributed by atoms with E-state index in [0.29, 0.717) is 19.5 Å². The van der Waals surface area contributed by atoms with Gasteiger partial charge in [-0.2, -0.15) is 13.2 Å². The molecule has 1 aliphatic heterocycles. The number of likely N-dealkylation sites (tertiary alicyclic amines) is 1. The fourth-order valence-corrected chi connectivity index (χ4v) is 2.62. The molecule has 0 saturated carbocycles. The number of benzene rings is 1. The van der Waals surface area contributed by atoms with Crippen molar-refractivity contribution in [3.05, 3.63) is 29.8 Å². The monoisotopic (exact) mass is 331 g/mol. The van der Waals surface area contributed by atoms with E-state index in [1.165, 1.54) is 23.1 Å². The largest absolute Gasteiger partial charge is 0.483 e. The SMILES string of the molecule is CC1(C)CN(C(=O)COc2ccccc2C(F)(F)F)CCC1O. The maximum Gasteiger partial charge on any atom is 0.419 e. The third-order valence-electron chi connectivity index (χ3n) is 4.07. The fraction of sp³-hybridized carbons (Fsp3) is 0.562. The molecule has 4 nitrogen and oxygen atoms in total. The molecule has 1 atom stereocenters. The number of amides is 1. The Bertz CT molecular complexity index is 572. The number of para-hydroxylation sites is 1. The van der Waals surface area contributed by atoms with E-state index in [0.717, 1.165) is 6.07 Å². The lowest BCUT2D eigenvalue weighted by molar-refractivity contribution is -0.143. The molecule has 1 fully saturated rings. The summed E-state index contributed by atoms with van der Waals surface area (Å²) in [6, 6.07) is 4.81. The molecule has 2 rings (SSSR count). The second kappa shape index (κ2) is 6.39. The van der Waals surface area contributed by atoms with Crippen molar-refractivity contribution in [1.82, 2.24) is 4.90 Å². The van der Waals surface area contributed by atoms with E-state index in [9.17, 15) is 23.1 Å². The van der Waals surface area contributed by atoms with Gasteiger partial charge in [0.25, 0.3) is 5.91 Å². The fourth-order valence-electron chi connectivity index (χ4n) is 2.62. The first kappa shape index (κ1) is 17.6. The Balaban J connectivity index is 2.01. The predicted octanol–water partition coefficient (Wildman–Crippen LogP) is 2.70. The molecule has 1 aliphatic rings. The predicted molar refractivity (Wildman–Crippen MR) is 77.9 cm³/mol. The van der Waals surface area contributed by atoms with E-state index in [4.69, 9.17) is 4.74 Å². The van der Waals surface area contributed by atoms with Crippen molar-refractivity contribution in [3.8, 4) is 5.75 Å². The highest BCUT2D eigenvalue weighted by Gasteiger charge is 2.37. The van der Waals surface area contributed by atoms with Crippen molar-refractivity contribution in [2.45, 2.75) is 32.5 Å². The van der Waals surface area contributed by atoms with Crippen LogP contribution < -0.4 is 4.74 Å². The molecular formula is C16H20F3NO3. The number of alkyl halides is 3. The maximum atomic E-state index is 12.9. The Morgan fingerprint density at radius 3 is 2.65 bits per heavy atom. The summed E-state index contributed by atoms with van der Waals surface area (Å²) in [5, 5.41) is 9.88. The molecule has 0 radical (unpaired) electrons. The number of nitrogens with zero attached hydrogens (tertiary/aromatic N) is 1. The first-order valence-electron chi connectivity index (χ1n) is 7.36. The second-order valence-electron chi connectivity index (χ2n) is 6.39. The van der Waals surface area contributed by atoms with Crippen LogP contribution in [0.3, 0.4) is 0 Å². The quantitative estimate of drug-likeness (QED) is 0.926. The van der Waals surface area contributed by atoms with Crippen LogP contribution in [0, 0.1) is 5.41 Å². The number of aliphatic hydroxyl groups excluding tert-OH is 1. The van der Waals surface area contributed by atoms with Gasteiger partial charge in [-0.15, -0.1) is 0 Å². The van der Waals surface area contributed by atoms with Crippen molar-refractivity contribution in [2.24, 2.45) is 5.41 Å². The molecule has 1 heterocycles. The van der Waals surface area contributed by atoms with Gasteiger partial charge in [0.2, 0.25) is 0 Å². The van der Waals surface area contributed by atoms with Crippen molar-refractivity contribution in [1.29, 1.82) is 0 Å². The first-order valence-corrected chi connectivity index (χ1v) is 7.36. The standard InChI is InChI=1S/C16H20F3NO3/c1-15(2)10-20(8-7-13(15)21)14(22)9-23-12-6-4-3-5-11(12)16(17,18)19/h3-6,13,21H,7-10H2,1-2H3. The van der Waals surface area contributed by atoms with Crippen LogP contribution in [0.5, 0.6) is 5.75 Å². The van der Waals surface area contributed by atoms with Gasteiger partial charge in [0.05, 0.1) is 11.7 Å². The summed E-state index contributed by atoms with van der Waals surface area (Å²) in [6.07, 6.45) is -4.59. The number of carbonyl (C=O) groups is 1. The van der Waals surface area contributed by atoms with Gasteiger partial charge >= 0.3 is 6.18 Å². The minimum Gasteiger partial charge on any atom is -0.483 e. The summed E-state index contributed by atoms with van der Waals surface area (Å²) in [7, 11) is 0. The highest BCUT2D eigenvalue weighted by molar-refractivity contribution is 5.78. The minimum atomic E-state index is -4.53. The first-order chi connectivity index (χ1) is 10.6. The smallest absolute Gasteiger partial charge is 0.419 e. The Morgan fingerprint density at radius 1 is 1.39 bits per heavy atom. The number of rotatable bonds is 3. The zero-order valence-corrected chi connectivity index (χ0v) is 13.1. The van der Waals surface area contributed by atoms with Gasteiger partial charge < -0.3 is 14.7 Å². The van der Waals surface area contributed by atoms with E-state index >= 15 is 0 Å². The number of halogens is 3. The molecule has 7 heteroatoms. The minimum absolute atomic E-state index is 0.345. The molecule has 0 aromatic heterocycles. The van der Waals surface area contributed by atoms with Gasteiger partial charge in [-0.25, -0.2) is 0 Å². The molecule has 0 aliphatic carbocycles. The highest BCUT2D eigenvalue weighted by atomic mass is 19.4. The summed E-state index contributed by atoms with van der Waals surface area (Å²) in [5.41, 5.74) is -1.35.